The van der Waals surface area contributed by atoms with Crippen LogP contribution in [0.4, 0.5) is 0 Å². The summed E-state index contributed by atoms with van der Waals surface area (Å²) >= 11 is 5.59. The number of amides is 2. The first-order valence-corrected chi connectivity index (χ1v) is 5.60. The van der Waals surface area contributed by atoms with Gasteiger partial charge < -0.3 is 10.2 Å². The quantitative estimate of drug-likeness (QED) is 0.771. The van der Waals surface area contributed by atoms with Crippen LogP contribution >= 0.6 is 11.6 Å². The highest BCUT2D eigenvalue weighted by atomic mass is 35.5. The van der Waals surface area contributed by atoms with Gasteiger partial charge in [-0.15, -0.1) is 10.2 Å². The molecule has 0 atom stereocenters. The number of halogens is 1. The first kappa shape index (κ1) is 11.8. The SMILES string of the molecule is O=C1CCN(C(=O)c2ccc(Cl)nn2)CCN1. The van der Waals surface area contributed by atoms with Crippen molar-refractivity contribution in [3.05, 3.63) is 23.0 Å². The van der Waals surface area contributed by atoms with Crippen LogP contribution in [0.2, 0.25) is 5.15 Å². The molecule has 1 aromatic rings. The van der Waals surface area contributed by atoms with Gasteiger partial charge in [0.25, 0.3) is 5.91 Å². The van der Waals surface area contributed by atoms with Crippen LogP contribution in [0.25, 0.3) is 0 Å². The van der Waals surface area contributed by atoms with Crippen molar-refractivity contribution >= 4 is 23.4 Å². The van der Waals surface area contributed by atoms with Crippen molar-refractivity contribution in [1.29, 1.82) is 0 Å². The third-order valence-electron chi connectivity index (χ3n) is 2.45. The van der Waals surface area contributed by atoms with Crippen molar-refractivity contribution in [3.8, 4) is 0 Å². The smallest absolute Gasteiger partial charge is 0.274 e. The molecule has 7 heteroatoms. The highest BCUT2D eigenvalue weighted by Gasteiger charge is 2.20. The molecule has 1 aliphatic heterocycles. The van der Waals surface area contributed by atoms with Gasteiger partial charge in [0.1, 0.15) is 0 Å². The third kappa shape index (κ3) is 2.91. The predicted octanol–water partition coefficient (Wildman–Crippen LogP) is 0.0921. The predicted molar refractivity (Wildman–Crippen MR) is 60.6 cm³/mol. The second kappa shape index (κ2) is 5.09. The molecule has 2 rings (SSSR count). The van der Waals surface area contributed by atoms with Crippen molar-refractivity contribution < 1.29 is 9.59 Å². The number of nitrogens with zero attached hydrogens (tertiary/aromatic N) is 3. The van der Waals surface area contributed by atoms with Crippen LogP contribution in [0.3, 0.4) is 0 Å². The van der Waals surface area contributed by atoms with E-state index in [4.69, 9.17) is 11.6 Å². The number of hydrogen-bond acceptors (Lipinski definition) is 4. The Morgan fingerprint density at radius 1 is 1.35 bits per heavy atom. The molecule has 0 unspecified atom stereocenters. The fourth-order valence-corrected chi connectivity index (χ4v) is 1.66. The Balaban J connectivity index is 2.08. The van der Waals surface area contributed by atoms with Gasteiger partial charge in [0.05, 0.1) is 0 Å². The molecular weight excluding hydrogens is 244 g/mol. The number of hydrogen-bond donors (Lipinski definition) is 1. The fourth-order valence-electron chi connectivity index (χ4n) is 1.56. The Hall–Kier alpha value is -1.69. The van der Waals surface area contributed by atoms with Crippen molar-refractivity contribution in [3.63, 3.8) is 0 Å². The van der Waals surface area contributed by atoms with Crippen LogP contribution in [0.5, 0.6) is 0 Å². The van der Waals surface area contributed by atoms with E-state index >= 15 is 0 Å². The summed E-state index contributed by atoms with van der Waals surface area (Å²) < 4.78 is 0. The van der Waals surface area contributed by atoms with E-state index in [0.717, 1.165) is 0 Å². The van der Waals surface area contributed by atoms with E-state index in [0.29, 0.717) is 26.1 Å². The Labute approximate surface area is 103 Å². The minimum absolute atomic E-state index is 0.0394. The topological polar surface area (TPSA) is 75.2 Å². The van der Waals surface area contributed by atoms with Gasteiger partial charge in [-0.3, -0.25) is 9.59 Å². The zero-order chi connectivity index (χ0) is 12.3. The van der Waals surface area contributed by atoms with Crippen molar-refractivity contribution in [2.75, 3.05) is 19.6 Å². The average molecular weight is 255 g/mol. The normalized spacial score (nSPS) is 16.3. The molecule has 1 N–H and O–H groups in total. The van der Waals surface area contributed by atoms with E-state index in [2.05, 4.69) is 15.5 Å². The van der Waals surface area contributed by atoms with Crippen LogP contribution in [0, 0.1) is 0 Å². The minimum Gasteiger partial charge on any atom is -0.354 e. The lowest BCUT2D eigenvalue weighted by Gasteiger charge is -2.18. The van der Waals surface area contributed by atoms with Gasteiger partial charge in [-0.25, -0.2) is 0 Å². The average Bonchev–Trinajstić information content (AvgIpc) is 2.54. The van der Waals surface area contributed by atoms with Crippen LogP contribution in [-0.4, -0.2) is 46.5 Å². The van der Waals surface area contributed by atoms with Crippen molar-refractivity contribution in [2.24, 2.45) is 0 Å². The third-order valence-corrected chi connectivity index (χ3v) is 2.65. The van der Waals surface area contributed by atoms with Crippen LogP contribution < -0.4 is 5.32 Å². The molecule has 0 saturated carbocycles. The van der Waals surface area contributed by atoms with Crippen LogP contribution in [-0.2, 0) is 4.79 Å². The maximum absolute atomic E-state index is 12.0. The van der Waals surface area contributed by atoms with Gasteiger partial charge >= 0.3 is 0 Å². The molecule has 1 aromatic heterocycles. The largest absolute Gasteiger partial charge is 0.354 e. The standard InChI is InChI=1S/C10H11ClN4O2/c11-8-2-1-7(13-14-8)10(17)15-5-3-9(16)12-4-6-15/h1-2H,3-6H2,(H,12,16). The van der Waals surface area contributed by atoms with Crippen molar-refractivity contribution in [2.45, 2.75) is 6.42 Å². The molecule has 1 aliphatic rings. The van der Waals surface area contributed by atoms with E-state index in [9.17, 15) is 9.59 Å². The molecule has 0 aromatic carbocycles. The lowest BCUT2D eigenvalue weighted by Crippen LogP contribution is -2.34. The summed E-state index contributed by atoms with van der Waals surface area (Å²) in [6.45, 7) is 1.34. The molecule has 2 heterocycles. The summed E-state index contributed by atoms with van der Waals surface area (Å²) in [5, 5.41) is 10.3. The molecule has 6 nitrogen and oxygen atoms in total. The van der Waals surface area contributed by atoms with E-state index in [1.54, 1.807) is 4.90 Å². The van der Waals surface area contributed by atoms with Gasteiger partial charge in [0, 0.05) is 26.1 Å². The van der Waals surface area contributed by atoms with Gasteiger partial charge in [0.2, 0.25) is 5.91 Å². The zero-order valence-corrected chi connectivity index (χ0v) is 9.78. The minimum atomic E-state index is -0.231. The van der Waals surface area contributed by atoms with Gasteiger partial charge in [0.15, 0.2) is 10.8 Å². The number of carbonyl (C=O) groups is 2. The monoisotopic (exact) mass is 254 g/mol. The molecule has 1 fully saturated rings. The van der Waals surface area contributed by atoms with Crippen LogP contribution in [0.1, 0.15) is 16.9 Å². The Kier molecular flexibility index (Phi) is 3.53. The molecular formula is C10H11ClN4O2. The van der Waals surface area contributed by atoms with Crippen molar-refractivity contribution in [1.82, 2.24) is 20.4 Å². The molecule has 0 spiro atoms. The van der Waals surface area contributed by atoms with Gasteiger partial charge in [-0.05, 0) is 12.1 Å². The number of aromatic nitrogens is 2. The number of rotatable bonds is 1. The first-order valence-electron chi connectivity index (χ1n) is 5.22. The molecule has 0 bridgehead atoms. The number of nitrogens with one attached hydrogen (secondary N) is 1. The molecule has 0 aliphatic carbocycles. The maximum atomic E-state index is 12.0. The summed E-state index contributed by atoms with van der Waals surface area (Å²) in [4.78, 5) is 24.7. The second-order valence-electron chi connectivity index (χ2n) is 3.63. The first-order chi connectivity index (χ1) is 8.16. The summed E-state index contributed by atoms with van der Waals surface area (Å²) in [6, 6.07) is 3.04. The fraction of sp³-hybridized carbons (Fsp3) is 0.400. The Bertz CT molecular complexity index is 434. The van der Waals surface area contributed by atoms with E-state index in [1.807, 2.05) is 0 Å². The molecule has 17 heavy (non-hydrogen) atoms. The molecule has 0 radical (unpaired) electrons. The highest BCUT2D eigenvalue weighted by Crippen LogP contribution is 2.06. The lowest BCUT2D eigenvalue weighted by molar-refractivity contribution is -0.120. The molecule has 90 valence electrons. The van der Waals surface area contributed by atoms with Gasteiger partial charge in [-0.2, -0.15) is 0 Å². The maximum Gasteiger partial charge on any atom is 0.274 e. The van der Waals surface area contributed by atoms with E-state index in [1.165, 1.54) is 12.1 Å². The summed E-state index contributed by atoms with van der Waals surface area (Å²) in [7, 11) is 0. The second-order valence-corrected chi connectivity index (χ2v) is 4.02. The molecule has 2 amide bonds. The van der Waals surface area contributed by atoms with Crippen LogP contribution in [0.15, 0.2) is 12.1 Å². The summed E-state index contributed by atoms with van der Waals surface area (Å²) in [6.07, 6.45) is 0.312. The Morgan fingerprint density at radius 3 is 2.88 bits per heavy atom. The molecule has 1 saturated heterocycles. The van der Waals surface area contributed by atoms with E-state index in [-0.39, 0.29) is 22.7 Å². The van der Waals surface area contributed by atoms with E-state index < -0.39 is 0 Å². The summed E-state index contributed by atoms with van der Waals surface area (Å²) in [5.41, 5.74) is 0.240. The Morgan fingerprint density at radius 2 is 2.18 bits per heavy atom. The summed E-state index contributed by atoms with van der Waals surface area (Å²) in [5.74, 6) is -0.270. The highest BCUT2D eigenvalue weighted by molar-refractivity contribution is 6.29. The number of carbonyl (C=O) groups excluding carboxylic acids is 2. The zero-order valence-electron chi connectivity index (χ0n) is 9.02. The lowest BCUT2D eigenvalue weighted by atomic mass is 10.3. The van der Waals surface area contributed by atoms with Gasteiger partial charge in [-0.1, -0.05) is 11.6 Å².